The van der Waals surface area contributed by atoms with E-state index in [9.17, 15) is 29.1 Å². The van der Waals surface area contributed by atoms with Gasteiger partial charge in [0.25, 0.3) is 5.91 Å². The molecule has 3 atom stereocenters. The molecule has 2 saturated heterocycles. The van der Waals surface area contributed by atoms with Crippen LogP contribution in [0.15, 0.2) is 72.8 Å². The maximum Gasteiger partial charge on any atom is 0.254 e. The number of nitrogens with zero attached hydrogens (tertiary/aromatic N) is 8. The lowest BCUT2D eigenvalue weighted by molar-refractivity contribution is -0.145. The Morgan fingerprint density at radius 2 is 1.73 bits per heavy atom. The van der Waals surface area contributed by atoms with Crippen molar-refractivity contribution in [2.45, 2.75) is 77.6 Å². The number of ether oxygens (including phenoxy) is 1. The molecule has 0 unspecified atom stereocenters. The average molecular weight is 975 g/mol. The Hall–Kier alpha value is -7.10. The van der Waals surface area contributed by atoms with Crippen LogP contribution < -0.4 is 16.0 Å². The van der Waals surface area contributed by atoms with Gasteiger partial charge in [-0.1, -0.05) is 45.0 Å². The van der Waals surface area contributed by atoms with E-state index in [0.717, 1.165) is 51.5 Å². The van der Waals surface area contributed by atoms with E-state index < -0.39 is 66.3 Å². The van der Waals surface area contributed by atoms with E-state index in [-0.39, 0.29) is 62.8 Å². The number of nitrogens with one attached hydrogen (secondary N) is 4. The first-order valence-electron chi connectivity index (χ1n) is 23.2. The van der Waals surface area contributed by atoms with Crippen LogP contribution in [0.25, 0.3) is 27.3 Å². The van der Waals surface area contributed by atoms with Gasteiger partial charge in [-0.3, -0.25) is 33.5 Å². The van der Waals surface area contributed by atoms with Gasteiger partial charge in [0.05, 0.1) is 51.7 Å². The number of carbonyl (C=O) groups excluding carboxylic acids is 5. The summed E-state index contributed by atoms with van der Waals surface area (Å²) in [6.45, 7) is 7.27. The predicted octanol–water partition coefficient (Wildman–Crippen LogP) is 4.42. The zero-order valence-electron chi connectivity index (χ0n) is 39.3. The van der Waals surface area contributed by atoms with Gasteiger partial charge >= 0.3 is 0 Å². The van der Waals surface area contributed by atoms with Crippen LogP contribution in [-0.4, -0.2) is 143 Å². The number of anilines is 2. The van der Waals surface area contributed by atoms with Crippen molar-refractivity contribution in [3.8, 4) is 21.7 Å². The fourth-order valence-electron chi connectivity index (χ4n) is 8.80. The molecule has 0 spiro atoms. The van der Waals surface area contributed by atoms with Gasteiger partial charge in [-0.25, -0.2) is 19.3 Å². The molecule has 9 rings (SSSR count). The highest BCUT2D eigenvalue weighted by molar-refractivity contribution is 7.13. The summed E-state index contributed by atoms with van der Waals surface area (Å²) in [5.74, 6) is -2.30. The Balaban J connectivity index is 0.736. The van der Waals surface area contributed by atoms with Crippen LogP contribution in [0.2, 0.25) is 0 Å². The number of aliphatic hydroxyl groups excluding tert-OH is 1. The number of amides is 5. The maximum atomic E-state index is 15.7. The topological polar surface area (TPSA) is 232 Å². The third-order valence-electron chi connectivity index (χ3n) is 12.9. The molecule has 19 nitrogen and oxygen atoms in total. The number of aromatic nitrogens is 6. The molecule has 21 heteroatoms. The summed E-state index contributed by atoms with van der Waals surface area (Å²) in [5, 5.41) is 26.2. The number of rotatable bonds is 15. The van der Waals surface area contributed by atoms with E-state index in [1.165, 1.54) is 21.9 Å². The van der Waals surface area contributed by atoms with Crippen molar-refractivity contribution in [2.24, 2.45) is 5.41 Å². The Kier molecular flexibility index (Phi) is 13.8. The number of fused-ring (bicyclic) bond motifs is 1. The first-order chi connectivity index (χ1) is 33.6. The largest absolute Gasteiger partial charge is 0.391 e. The minimum absolute atomic E-state index is 0.0448. The molecule has 2 aliphatic heterocycles. The number of H-pyrrole nitrogens is 1. The summed E-state index contributed by atoms with van der Waals surface area (Å²) in [4.78, 5) is 86.5. The molecular formula is C49H55FN12O7S. The van der Waals surface area contributed by atoms with Crippen molar-refractivity contribution in [3.63, 3.8) is 0 Å². The van der Waals surface area contributed by atoms with E-state index >= 15 is 4.39 Å². The van der Waals surface area contributed by atoms with Gasteiger partial charge < -0.3 is 40.5 Å². The molecule has 0 radical (unpaired) electrons. The molecular weight excluding hydrogens is 920 g/mol. The Morgan fingerprint density at radius 3 is 2.40 bits per heavy atom. The molecule has 3 fully saturated rings. The molecule has 366 valence electrons. The van der Waals surface area contributed by atoms with Gasteiger partial charge in [0.1, 0.15) is 31.1 Å². The Morgan fingerprint density at radius 1 is 0.971 bits per heavy atom. The molecule has 5 amide bonds. The summed E-state index contributed by atoms with van der Waals surface area (Å²) in [6, 6.07) is 9.97. The first-order valence-corrected chi connectivity index (χ1v) is 24.1. The summed E-state index contributed by atoms with van der Waals surface area (Å²) >= 11 is 1.55. The Labute approximate surface area is 406 Å². The number of benzene rings is 2. The fraction of sp³-hybridized carbons (Fsp3) is 0.408. The molecule has 5 N–H and O–H groups in total. The van der Waals surface area contributed by atoms with Crippen LogP contribution in [0.1, 0.15) is 73.3 Å². The van der Waals surface area contributed by atoms with Crippen LogP contribution >= 0.6 is 11.3 Å². The lowest BCUT2D eigenvalue weighted by Gasteiger charge is -2.35. The molecule has 4 aromatic heterocycles. The summed E-state index contributed by atoms with van der Waals surface area (Å²) in [7, 11) is 0. The molecule has 2 aromatic carbocycles. The summed E-state index contributed by atoms with van der Waals surface area (Å²) in [6.07, 6.45) is 8.29. The molecule has 3 aliphatic rings. The highest BCUT2D eigenvalue weighted by Crippen LogP contribution is 2.41. The highest BCUT2D eigenvalue weighted by atomic mass is 32.1. The number of imidazole rings is 1. The summed E-state index contributed by atoms with van der Waals surface area (Å²) in [5.41, 5.74) is 7.15. The second kappa shape index (κ2) is 20.1. The number of hydrogen-bond acceptors (Lipinski definition) is 13. The van der Waals surface area contributed by atoms with Gasteiger partial charge in [0.2, 0.25) is 23.6 Å². The lowest BCUT2D eigenvalue weighted by Crippen LogP contribution is -2.58. The number of aromatic amines is 1. The van der Waals surface area contributed by atoms with Crippen LogP contribution in [0.4, 0.5) is 15.9 Å². The number of β-amino-alcohol motifs (C(OH)–C–C–N with tert-alkyl or cyclic N) is 1. The van der Waals surface area contributed by atoms with Gasteiger partial charge in [0.15, 0.2) is 11.5 Å². The summed E-state index contributed by atoms with van der Waals surface area (Å²) < 4.78 is 23.1. The van der Waals surface area contributed by atoms with E-state index in [1.54, 1.807) is 67.2 Å². The lowest BCUT2D eigenvalue weighted by atomic mass is 9.85. The van der Waals surface area contributed by atoms with Crippen molar-refractivity contribution in [2.75, 3.05) is 51.3 Å². The normalized spacial score (nSPS) is 17.7. The van der Waals surface area contributed by atoms with Crippen molar-refractivity contribution in [1.82, 2.24) is 54.9 Å². The van der Waals surface area contributed by atoms with E-state index in [4.69, 9.17) is 9.72 Å². The molecule has 0 bridgehead atoms. The van der Waals surface area contributed by atoms with Gasteiger partial charge in [-0.2, -0.15) is 5.10 Å². The molecule has 6 aromatic rings. The van der Waals surface area contributed by atoms with Crippen molar-refractivity contribution >= 4 is 58.0 Å². The second-order valence-electron chi connectivity index (χ2n) is 19.0. The highest BCUT2D eigenvalue weighted by Gasteiger charge is 2.44. The monoisotopic (exact) mass is 974 g/mol. The van der Waals surface area contributed by atoms with Crippen molar-refractivity contribution in [3.05, 3.63) is 101 Å². The van der Waals surface area contributed by atoms with Crippen LogP contribution in [-0.2, 0) is 30.5 Å². The van der Waals surface area contributed by atoms with Gasteiger partial charge in [-0.15, -0.1) is 11.3 Å². The standard InChI is InChI=1S/C49H55FN12O7S/c1-28-42(70-27-53-28)31-7-5-29(6-8-31)19-52-46(66)38-18-34(63)23-62(38)48(68)43(49(2,3)4)58-40(64)25-69-26-41(65)59-13-15-60(16-14-59)47(67)32-11-12-36(35(50)17-32)56-44-45-51-22-39(33-20-54-55-21-33)61(45)24-37(57-44)30-9-10-30/h5-8,11-12,17,20-22,24,27,30,34,38,43,63H,9-10,13-16,18-19,23,25-26H2,1-4H3,(H,52,66)(H,54,55)(H,56,57)(H,58,64)/t34-,38+,43-/m1/s1. The Bertz CT molecular complexity index is 2900. The minimum Gasteiger partial charge on any atom is -0.391 e. The third-order valence-corrected chi connectivity index (χ3v) is 13.8. The van der Waals surface area contributed by atoms with Crippen LogP contribution in [0.5, 0.6) is 0 Å². The number of piperazine rings is 1. The zero-order valence-corrected chi connectivity index (χ0v) is 40.1. The van der Waals surface area contributed by atoms with Crippen LogP contribution in [0, 0.1) is 18.2 Å². The quantitative estimate of drug-likeness (QED) is 0.0963. The molecule has 6 heterocycles. The molecule has 1 aliphatic carbocycles. The number of aryl methyl sites for hydroxylation is 1. The smallest absolute Gasteiger partial charge is 0.254 e. The predicted molar refractivity (Wildman–Crippen MR) is 257 cm³/mol. The van der Waals surface area contributed by atoms with Crippen molar-refractivity contribution < 1.29 is 38.2 Å². The number of carbonyl (C=O) groups is 5. The zero-order chi connectivity index (χ0) is 49.3. The van der Waals surface area contributed by atoms with Gasteiger partial charge in [-0.05, 0) is 54.5 Å². The number of likely N-dealkylation sites (tertiary alicyclic amines) is 1. The van der Waals surface area contributed by atoms with E-state index in [0.29, 0.717) is 17.4 Å². The number of hydrogen-bond donors (Lipinski definition) is 5. The number of halogens is 1. The second-order valence-corrected chi connectivity index (χ2v) is 19.9. The average Bonchev–Trinajstić information content (AvgIpc) is 3.66. The third kappa shape index (κ3) is 10.6. The first kappa shape index (κ1) is 47.9. The van der Waals surface area contributed by atoms with Crippen LogP contribution in [0.3, 0.4) is 0 Å². The molecule has 1 saturated carbocycles. The van der Waals surface area contributed by atoms with Crippen molar-refractivity contribution in [1.29, 1.82) is 0 Å². The van der Waals surface area contributed by atoms with E-state index in [1.807, 2.05) is 41.8 Å². The fourth-order valence-corrected chi connectivity index (χ4v) is 9.61. The minimum atomic E-state index is -1.08. The maximum absolute atomic E-state index is 15.7. The molecule has 70 heavy (non-hydrogen) atoms. The van der Waals surface area contributed by atoms with Gasteiger partial charge in [0, 0.05) is 75.1 Å². The number of thiazole rings is 1. The van der Waals surface area contributed by atoms with E-state index in [2.05, 4.69) is 36.1 Å². The SMILES string of the molecule is Cc1ncsc1-c1ccc(CNC(=O)[C@@H]2C[C@@H](O)CN2C(=O)[C@@H](NC(=O)COCC(=O)N2CCN(C(=O)c3ccc(Nc4nc(C5CC5)cn5c(-c6cn[nH]c6)cnc45)c(F)c3)CC2)C(C)(C)C)cc1. The number of aliphatic hydroxyl groups is 1.